The van der Waals surface area contributed by atoms with Crippen LogP contribution >= 0.6 is 0 Å². The summed E-state index contributed by atoms with van der Waals surface area (Å²) >= 11 is 0. The zero-order chi connectivity index (χ0) is 12.3. The van der Waals surface area contributed by atoms with Crippen LogP contribution in [0.5, 0.6) is 0 Å². The van der Waals surface area contributed by atoms with Crippen LogP contribution in [0, 0.1) is 17.3 Å². The molecule has 4 nitrogen and oxygen atoms in total. The Labute approximate surface area is 152 Å². The van der Waals surface area contributed by atoms with Crippen LogP contribution in [0.1, 0.15) is 46.0 Å². The summed E-state index contributed by atoms with van der Waals surface area (Å²) < 4.78 is 0. The van der Waals surface area contributed by atoms with Crippen molar-refractivity contribution in [3.8, 4) is 0 Å². The van der Waals surface area contributed by atoms with Crippen molar-refractivity contribution in [2.75, 3.05) is 0 Å². The number of rotatable bonds is 7. The molecule has 1 aliphatic rings. The van der Waals surface area contributed by atoms with Crippen molar-refractivity contribution in [2.24, 2.45) is 17.3 Å². The van der Waals surface area contributed by atoms with Gasteiger partial charge in [0.1, 0.15) is 0 Å². The standard InChI is InChI=1S/C12H20O4.2Na/c1-12(2)8(9(12)7-11(15)16)5-3-4-6-10(13)14;;/h8-9H,3-7H2,1-2H3,(H,13,14)(H,15,16);;/q;2*+1/p-2. The van der Waals surface area contributed by atoms with Crippen LogP contribution < -0.4 is 69.3 Å². The Morgan fingerprint density at radius 2 is 1.56 bits per heavy atom. The molecular weight excluding hydrogens is 254 g/mol. The molecule has 0 bridgehead atoms. The Morgan fingerprint density at radius 1 is 1.00 bits per heavy atom. The number of unbranched alkanes of at least 4 members (excludes halogenated alkanes) is 1. The van der Waals surface area contributed by atoms with E-state index in [0.29, 0.717) is 12.3 Å². The van der Waals surface area contributed by atoms with Crippen LogP contribution in [-0.4, -0.2) is 11.9 Å². The maximum atomic E-state index is 10.5. The molecule has 0 aliphatic heterocycles. The number of carbonyl (C=O) groups excluding carboxylic acids is 2. The van der Waals surface area contributed by atoms with Crippen LogP contribution in [0.15, 0.2) is 0 Å². The summed E-state index contributed by atoms with van der Waals surface area (Å²) in [6.07, 6.45) is 2.56. The van der Waals surface area contributed by atoms with Crippen molar-refractivity contribution in [1.29, 1.82) is 0 Å². The molecule has 0 heterocycles. The fourth-order valence-corrected chi connectivity index (χ4v) is 2.65. The molecular formula is C12H18Na2O4. The smallest absolute Gasteiger partial charge is 0.550 e. The molecule has 0 aromatic heterocycles. The monoisotopic (exact) mass is 272 g/mol. The van der Waals surface area contributed by atoms with E-state index in [9.17, 15) is 19.8 Å². The van der Waals surface area contributed by atoms with Gasteiger partial charge < -0.3 is 19.8 Å². The van der Waals surface area contributed by atoms with E-state index >= 15 is 0 Å². The molecule has 0 aromatic rings. The summed E-state index contributed by atoms with van der Waals surface area (Å²) in [5.74, 6) is -1.41. The predicted octanol–water partition coefficient (Wildman–Crippen LogP) is -6.28. The van der Waals surface area contributed by atoms with Gasteiger partial charge in [0.15, 0.2) is 0 Å². The van der Waals surface area contributed by atoms with Crippen molar-refractivity contribution in [1.82, 2.24) is 0 Å². The third-order valence-electron chi connectivity index (χ3n) is 3.82. The summed E-state index contributed by atoms with van der Waals surface area (Å²) in [7, 11) is 0. The van der Waals surface area contributed by atoms with Crippen molar-refractivity contribution >= 4 is 11.9 Å². The molecule has 1 aliphatic carbocycles. The molecule has 6 heteroatoms. The second-order valence-corrected chi connectivity index (χ2v) is 5.23. The Bertz CT molecular complexity index is 292. The first-order valence-corrected chi connectivity index (χ1v) is 5.75. The fraction of sp³-hybridized carbons (Fsp3) is 0.833. The number of carboxylic acid groups (broad SMARTS) is 2. The minimum absolute atomic E-state index is 0. The molecule has 2 atom stereocenters. The number of carbonyl (C=O) groups is 2. The van der Waals surface area contributed by atoms with Crippen LogP contribution in [0.2, 0.25) is 0 Å². The molecule has 1 fully saturated rings. The van der Waals surface area contributed by atoms with Gasteiger partial charge in [-0.3, -0.25) is 0 Å². The second-order valence-electron chi connectivity index (χ2n) is 5.23. The van der Waals surface area contributed by atoms with Crippen LogP contribution in [0.3, 0.4) is 0 Å². The van der Waals surface area contributed by atoms with Crippen LogP contribution in [-0.2, 0) is 9.59 Å². The van der Waals surface area contributed by atoms with Gasteiger partial charge in [-0.25, -0.2) is 0 Å². The van der Waals surface area contributed by atoms with E-state index in [-0.39, 0.29) is 83.3 Å². The summed E-state index contributed by atoms with van der Waals surface area (Å²) in [5.41, 5.74) is 0.0710. The van der Waals surface area contributed by atoms with Crippen molar-refractivity contribution in [3.63, 3.8) is 0 Å². The molecule has 0 N–H and O–H groups in total. The molecule has 0 saturated heterocycles. The van der Waals surface area contributed by atoms with E-state index in [1.54, 1.807) is 0 Å². The minimum Gasteiger partial charge on any atom is -0.550 e. The Balaban J connectivity index is 0. The zero-order valence-corrected chi connectivity index (χ0v) is 15.8. The van der Waals surface area contributed by atoms with Crippen molar-refractivity contribution < 1.29 is 78.9 Å². The average Bonchev–Trinajstić information content (AvgIpc) is 2.61. The average molecular weight is 272 g/mol. The quantitative estimate of drug-likeness (QED) is 0.341. The third-order valence-corrected chi connectivity index (χ3v) is 3.82. The van der Waals surface area contributed by atoms with Gasteiger partial charge in [-0.05, 0) is 42.9 Å². The maximum absolute atomic E-state index is 10.5. The van der Waals surface area contributed by atoms with Crippen LogP contribution in [0.4, 0.5) is 0 Å². The Morgan fingerprint density at radius 3 is 2.00 bits per heavy atom. The van der Waals surface area contributed by atoms with Gasteiger partial charge in [0, 0.05) is 11.9 Å². The normalized spacial score (nSPS) is 23.4. The molecule has 18 heavy (non-hydrogen) atoms. The molecule has 92 valence electrons. The van der Waals surface area contributed by atoms with Gasteiger partial charge in [-0.15, -0.1) is 0 Å². The maximum Gasteiger partial charge on any atom is 1.00 e. The van der Waals surface area contributed by atoms with E-state index in [1.165, 1.54) is 0 Å². The fourth-order valence-electron chi connectivity index (χ4n) is 2.65. The van der Waals surface area contributed by atoms with Crippen molar-refractivity contribution in [3.05, 3.63) is 0 Å². The van der Waals surface area contributed by atoms with E-state index in [2.05, 4.69) is 13.8 Å². The topological polar surface area (TPSA) is 80.3 Å². The first-order valence-electron chi connectivity index (χ1n) is 5.75. The number of aliphatic carboxylic acids is 2. The summed E-state index contributed by atoms with van der Waals surface area (Å²) in [4.78, 5) is 20.7. The molecule has 0 radical (unpaired) electrons. The minimum atomic E-state index is -1.01. The molecule has 0 amide bonds. The first kappa shape index (κ1) is 21.2. The number of carboxylic acids is 2. The van der Waals surface area contributed by atoms with Gasteiger partial charge in [-0.1, -0.05) is 20.3 Å². The summed E-state index contributed by atoms with van der Waals surface area (Å²) in [6.45, 7) is 4.12. The van der Waals surface area contributed by atoms with E-state index in [1.807, 2.05) is 0 Å². The van der Waals surface area contributed by atoms with Gasteiger partial charge >= 0.3 is 59.1 Å². The van der Waals surface area contributed by atoms with E-state index < -0.39 is 11.9 Å². The van der Waals surface area contributed by atoms with E-state index in [4.69, 9.17) is 0 Å². The predicted molar refractivity (Wildman–Crippen MR) is 53.9 cm³/mol. The van der Waals surface area contributed by atoms with Gasteiger partial charge in [0.25, 0.3) is 0 Å². The molecule has 2 unspecified atom stereocenters. The summed E-state index contributed by atoms with van der Waals surface area (Å²) in [6, 6.07) is 0. The van der Waals surface area contributed by atoms with Gasteiger partial charge in [0.2, 0.25) is 0 Å². The SMILES string of the molecule is CC1(C)C(CCCCC(=O)[O-])C1CC(=O)[O-].[Na+].[Na+]. The number of hydrogen-bond acceptors (Lipinski definition) is 4. The Hall–Kier alpha value is 0.940. The van der Waals surface area contributed by atoms with Crippen LogP contribution in [0.25, 0.3) is 0 Å². The second kappa shape index (κ2) is 8.98. The third kappa shape index (κ3) is 6.40. The van der Waals surface area contributed by atoms with Gasteiger partial charge in [-0.2, -0.15) is 0 Å². The largest absolute Gasteiger partial charge is 1.00 e. The summed E-state index contributed by atoms with van der Waals surface area (Å²) in [5, 5.41) is 20.7. The zero-order valence-electron chi connectivity index (χ0n) is 11.8. The Kier molecular flexibility index (Phi) is 10.6. The first-order chi connectivity index (χ1) is 7.35. The molecule has 0 spiro atoms. The molecule has 0 aromatic carbocycles. The van der Waals surface area contributed by atoms with Gasteiger partial charge in [0.05, 0.1) is 0 Å². The van der Waals surface area contributed by atoms with Crippen molar-refractivity contribution in [2.45, 2.75) is 46.0 Å². The molecule has 1 rings (SSSR count). The number of hydrogen-bond donors (Lipinski definition) is 0. The van der Waals surface area contributed by atoms with E-state index in [0.717, 1.165) is 12.8 Å². The molecule has 1 saturated carbocycles.